The van der Waals surface area contributed by atoms with Gasteiger partial charge in [-0.2, -0.15) is 0 Å². The van der Waals surface area contributed by atoms with Gasteiger partial charge in [0.05, 0.1) is 18.5 Å². The van der Waals surface area contributed by atoms with Gasteiger partial charge in [-0.25, -0.2) is 4.98 Å². The maximum Gasteiger partial charge on any atom is 0.256 e. The van der Waals surface area contributed by atoms with E-state index in [1.807, 2.05) is 13.0 Å². The van der Waals surface area contributed by atoms with E-state index in [2.05, 4.69) is 24.1 Å². The van der Waals surface area contributed by atoms with Crippen molar-refractivity contribution in [3.63, 3.8) is 0 Å². The molecule has 0 unspecified atom stereocenters. The van der Waals surface area contributed by atoms with Crippen LogP contribution < -0.4 is 10.1 Å². The Morgan fingerprint density at radius 1 is 1.42 bits per heavy atom. The largest absolute Gasteiger partial charge is 0.478 e. The van der Waals surface area contributed by atoms with E-state index in [4.69, 9.17) is 9.47 Å². The van der Waals surface area contributed by atoms with Gasteiger partial charge < -0.3 is 14.8 Å². The molecule has 1 fully saturated rings. The third-order valence-electron chi connectivity index (χ3n) is 4.53. The fraction of sp³-hybridized carbons (Fsp3) is 0.684. The zero-order chi connectivity index (χ0) is 17.4. The number of carbonyl (C=O) groups excluding carboxylic acids is 1. The van der Waals surface area contributed by atoms with Crippen molar-refractivity contribution in [1.29, 1.82) is 0 Å². The molecule has 1 N–H and O–H groups in total. The van der Waals surface area contributed by atoms with Crippen molar-refractivity contribution in [2.24, 2.45) is 5.92 Å². The molecule has 0 aromatic carbocycles. The molecule has 0 saturated heterocycles. The lowest BCUT2D eigenvalue weighted by atomic mass is 9.78. The van der Waals surface area contributed by atoms with Gasteiger partial charge in [-0.15, -0.1) is 0 Å². The first-order chi connectivity index (χ1) is 11.6. The van der Waals surface area contributed by atoms with Crippen LogP contribution in [0.1, 0.15) is 59.3 Å². The Morgan fingerprint density at radius 2 is 2.25 bits per heavy atom. The molecule has 1 heterocycles. The number of anilines is 1. The maximum atomic E-state index is 12.8. The highest BCUT2D eigenvalue weighted by atomic mass is 16.5. The zero-order valence-electron chi connectivity index (χ0n) is 15.1. The lowest BCUT2D eigenvalue weighted by Crippen LogP contribution is -2.48. The topological polar surface area (TPSA) is 60.5 Å². The summed E-state index contributed by atoms with van der Waals surface area (Å²) in [4.78, 5) is 17.1. The highest BCUT2D eigenvalue weighted by Gasteiger charge is 2.42. The smallest absolute Gasteiger partial charge is 0.256 e. The van der Waals surface area contributed by atoms with Crippen molar-refractivity contribution in [3.8, 4) is 5.88 Å². The second kappa shape index (κ2) is 9.02. The number of carbonyl (C=O) groups is 1. The number of rotatable bonds is 8. The monoisotopic (exact) mass is 334 g/mol. The van der Waals surface area contributed by atoms with Crippen LogP contribution in [0, 0.1) is 5.92 Å². The third-order valence-corrected chi connectivity index (χ3v) is 4.53. The molecule has 134 valence electrons. The molecule has 0 aliphatic heterocycles. The van der Waals surface area contributed by atoms with Crippen molar-refractivity contribution in [1.82, 2.24) is 4.98 Å². The molecule has 1 aromatic heterocycles. The van der Waals surface area contributed by atoms with E-state index in [0.29, 0.717) is 30.7 Å². The van der Waals surface area contributed by atoms with Gasteiger partial charge in [0.15, 0.2) is 0 Å². The lowest BCUT2D eigenvalue weighted by molar-refractivity contribution is -0.147. The van der Waals surface area contributed by atoms with E-state index in [1.165, 1.54) is 0 Å². The zero-order valence-corrected chi connectivity index (χ0v) is 15.1. The van der Waals surface area contributed by atoms with Gasteiger partial charge in [0.2, 0.25) is 5.88 Å². The highest BCUT2D eigenvalue weighted by Crippen LogP contribution is 2.36. The number of nitrogens with one attached hydrogen (secondary N) is 1. The molecule has 1 aliphatic rings. The van der Waals surface area contributed by atoms with Crippen LogP contribution in [0.25, 0.3) is 0 Å². The molecule has 5 heteroatoms. The third kappa shape index (κ3) is 4.94. The summed E-state index contributed by atoms with van der Waals surface area (Å²) in [5.74, 6) is 1.04. The number of ether oxygens (including phenoxy) is 2. The first-order valence-corrected chi connectivity index (χ1v) is 9.14. The Kier molecular flexibility index (Phi) is 7.03. The molecular weight excluding hydrogens is 304 g/mol. The number of nitrogens with zero attached hydrogens (tertiary/aromatic N) is 1. The molecule has 1 aliphatic carbocycles. The van der Waals surface area contributed by atoms with Gasteiger partial charge in [0.1, 0.15) is 5.60 Å². The lowest BCUT2D eigenvalue weighted by Gasteiger charge is -2.38. The minimum atomic E-state index is -0.706. The number of hydrogen-bond donors (Lipinski definition) is 1. The highest BCUT2D eigenvalue weighted by molar-refractivity contribution is 5.97. The molecule has 24 heavy (non-hydrogen) atoms. The summed E-state index contributed by atoms with van der Waals surface area (Å²) in [6.07, 6.45) is 7.48. The van der Waals surface area contributed by atoms with Gasteiger partial charge in [0, 0.05) is 12.7 Å². The standard InChI is InChI=1S/C19H30N2O3/c1-4-6-12-23-17-10-9-16(14-20-17)21-18(22)19(24-5-2)11-7-8-15(3)13-19/h9-10,14-15H,4-8,11-13H2,1-3H3,(H,21,22)/t15-,19-/m0/s1. The molecule has 0 bridgehead atoms. The van der Waals surface area contributed by atoms with E-state index in [-0.39, 0.29) is 5.91 Å². The molecule has 0 radical (unpaired) electrons. The SMILES string of the molecule is CCCCOc1ccc(NC(=O)[C@]2(OCC)CCC[C@H](C)C2)cn1. The quantitative estimate of drug-likeness (QED) is 0.724. The number of hydrogen-bond acceptors (Lipinski definition) is 4. The summed E-state index contributed by atoms with van der Waals surface area (Å²) in [5, 5.41) is 2.97. The maximum absolute atomic E-state index is 12.8. The minimum absolute atomic E-state index is 0.0580. The van der Waals surface area contributed by atoms with Gasteiger partial charge in [-0.05, 0) is 44.6 Å². The average Bonchev–Trinajstić information content (AvgIpc) is 2.57. The molecule has 2 atom stereocenters. The Balaban J connectivity index is 1.98. The van der Waals surface area contributed by atoms with E-state index in [0.717, 1.165) is 38.5 Å². The summed E-state index contributed by atoms with van der Waals surface area (Å²) < 4.78 is 11.5. The normalized spacial score (nSPS) is 23.7. The second-order valence-electron chi connectivity index (χ2n) is 6.67. The van der Waals surface area contributed by atoms with Crippen LogP contribution in [0.2, 0.25) is 0 Å². The van der Waals surface area contributed by atoms with Crippen LogP contribution >= 0.6 is 0 Å². The van der Waals surface area contributed by atoms with E-state index in [1.54, 1.807) is 12.3 Å². The van der Waals surface area contributed by atoms with E-state index in [9.17, 15) is 4.79 Å². The molecular formula is C19H30N2O3. The van der Waals surface area contributed by atoms with Gasteiger partial charge >= 0.3 is 0 Å². The average molecular weight is 334 g/mol. The van der Waals surface area contributed by atoms with Crippen LogP contribution in [0.15, 0.2) is 18.3 Å². The summed E-state index contributed by atoms with van der Waals surface area (Å²) in [6.45, 7) is 7.46. The minimum Gasteiger partial charge on any atom is -0.478 e. The number of unbranched alkanes of at least 4 members (excludes halogenated alkanes) is 1. The molecule has 5 nitrogen and oxygen atoms in total. The first-order valence-electron chi connectivity index (χ1n) is 9.14. The Labute approximate surface area is 145 Å². The summed E-state index contributed by atoms with van der Waals surface area (Å²) in [6, 6.07) is 3.63. The van der Waals surface area contributed by atoms with E-state index < -0.39 is 5.60 Å². The fourth-order valence-electron chi connectivity index (χ4n) is 3.29. The Bertz CT molecular complexity index is 514. The van der Waals surface area contributed by atoms with Crippen LogP contribution in [0.5, 0.6) is 5.88 Å². The molecule has 2 rings (SSSR count). The predicted octanol–water partition coefficient (Wildman–Crippen LogP) is 4.18. The van der Waals surface area contributed by atoms with E-state index >= 15 is 0 Å². The van der Waals surface area contributed by atoms with Crippen molar-refractivity contribution in [2.75, 3.05) is 18.5 Å². The predicted molar refractivity (Wildman–Crippen MR) is 95.3 cm³/mol. The van der Waals surface area contributed by atoms with Gasteiger partial charge in [0.25, 0.3) is 5.91 Å². The Hall–Kier alpha value is -1.62. The van der Waals surface area contributed by atoms with Crippen molar-refractivity contribution >= 4 is 11.6 Å². The summed E-state index contributed by atoms with van der Waals surface area (Å²) in [5.41, 5.74) is -0.0250. The molecule has 1 aromatic rings. The van der Waals surface area contributed by atoms with Gasteiger partial charge in [-0.1, -0.05) is 26.7 Å². The first kappa shape index (κ1) is 18.7. The summed E-state index contributed by atoms with van der Waals surface area (Å²) >= 11 is 0. The number of aromatic nitrogens is 1. The second-order valence-corrected chi connectivity index (χ2v) is 6.67. The van der Waals surface area contributed by atoms with Crippen LogP contribution in [-0.4, -0.2) is 29.7 Å². The fourth-order valence-corrected chi connectivity index (χ4v) is 3.29. The van der Waals surface area contributed by atoms with Gasteiger partial charge in [-0.3, -0.25) is 4.79 Å². The van der Waals surface area contributed by atoms with Crippen molar-refractivity contribution < 1.29 is 14.3 Å². The number of amides is 1. The summed E-state index contributed by atoms with van der Waals surface area (Å²) in [7, 11) is 0. The van der Waals surface area contributed by atoms with Crippen molar-refractivity contribution in [2.45, 2.75) is 64.9 Å². The molecule has 0 spiro atoms. The van der Waals surface area contributed by atoms with Crippen LogP contribution in [-0.2, 0) is 9.53 Å². The molecule has 1 saturated carbocycles. The number of pyridine rings is 1. The molecule has 1 amide bonds. The van der Waals surface area contributed by atoms with Crippen molar-refractivity contribution in [3.05, 3.63) is 18.3 Å². The van der Waals surface area contributed by atoms with Crippen LogP contribution in [0.4, 0.5) is 5.69 Å². The Morgan fingerprint density at radius 3 is 2.88 bits per heavy atom. The van der Waals surface area contributed by atoms with Crippen LogP contribution in [0.3, 0.4) is 0 Å².